The first-order valence-corrected chi connectivity index (χ1v) is 7.53. The molecule has 0 N–H and O–H groups in total. The molecule has 0 aromatic heterocycles. The first-order valence-electron chi connectivity index (χ1n) is 7.53. The van der Waals surface area contributed by atoms with Crippen molar-refractivity contribution in [2.24, 2.45) is 5.92 Å². The molecule has 1 heterocycles. The maximum Gasteiger partial charge on any atom is 0.104 e. The molecular weight excluding hydrogens is 256 g/mol. The zero-order valence-corrected chi connectivity index (χ0v) is 13.2. The summed E-state index contributed by atoms with van der Waals surface area (Å²) in [6.07, 6.45) is 7.17. The Balaban J connectivity index is 0.000000511. The normalized spacial score (nSPS) is 17.9. The lowest BCUT2D eigenvalue weighted by molar-refractivity contribution is -0.299. The van der Waals surface area contributed by atoms with Gasteiger partial charge in [-0.2, -0.15) is 0 Å². The summed E-state index contributed by atoms with van der Waals surface area (Å²) < 4.78 is 10.6. The molecule has 0 amide bonds. The number of unbranched alkanes of at least 4 members (excludes halogenated alkanes) is 3. The topological polar surface area (TPSA) is 61.9 Å². The van der Waals surface area contributed by atoms with Gasteiger partial charge in [0.1, 0.15) is 6.10 Å². The number of carbonyl (C=O) groups is 1. The molecule has 0 saturated carbocycles. The Hall–Kier alpha value is -0.870. The number of hydrogen-bond acceptors (Lipinski definition) is 4. The standard InChI is InChI=1S/C12H24O2.C4H6O2/c1-3-4-5-6-7-11(2)8-13-9-12-10-14-12;1-3(2)4(5)6/h11-12H,3-10H2,1-2H3;1H2,2H3,(H,5,6)/p-1. The van der Waals surface area contributed by atoms with E-state index in [-0.39, 0.29) is 5.57 Å². The Kier molecular flexibility index (Phi) is 11.4. The number of carboxylic acid groups (broad SMARTS) is 1. The van der Waals surface area contributed by atoms with Crippen LogP contribution < -0.4 is 5.11 Å². The van der Waals surface area contributed by atoms with Crippen LogP contribution in [0.2, 0.25) is 0 Å². The van der Waals surface area contributed by atoms with Crippen molar-refractivity contribution in [3.8, 4) is 0 Å². The largest absolute Gasteiger partial charge is 0.545 e. The van der Waals surface area contributed by atoms with Gasteiger partial charge in [-0.25, -0.2) is 0 Å². The first kappa shape index (κ1) is 19.1. The van der Waals surface area contributed by atoms with Crippen molar-refractivity contribution < 1.29 is 19.4 Å². The van der Waals surface area contributed by atoms with Gasteiger partial charge in [-0.05, 0) is 24.8 Å². The molecule has 1 aliphatic heterocycles. The van der Waals surface area contributed by atoms with Crippen LogP contribution >= 0.6 is 0 Å². The van der Waals surface area contributed by atoms with Crippen LogP contribution in [0.15, 0.2) is 12.2 Å². The molecule has 0 aliphatic carbocycles. The fourth-order valence-corrected chi connectivity index (χ4v) is 1.57. The quantitative estimate of drug-likeness (QED) is 0.351. The second-order valence-corrected chi connectivity index (χ2v) is 5.52. The van der Waals surface area contributed by atoms with Crippen LogP contribution in [-0.4, -0.2) is 31.9 Å². The summed E-state index contributed by atoms with van der Waals surface area (Å²) in [5, 5.41) is 9.49. The summed E-state index contributed by atoms with van der Waals surface area (Å²) in [7, 11) is 0. The van der Waals surface area contributed by atoms with Gasteiger partial charge in [0.25, 0.3) is 0 Å². The van der Waals surface area contributed by atoms with E-state index in [2.05, 4.69) is 20.4 Å². The third kappa shape index (κ3) is 13.6. The van der Waals surface area contributed by atoms with E-state index in [0.717, 1.165) is 19.8 Å². The van der Waals surface area contributed by atoms with E-state index in [9.17, 15) is 9.90 Å². The molecule has 20 heavy (non-hydrogen) atoms. The number of carbonyl (C=O) groups excluding carboxylic acids is 1. The molecule has 4 nitrogen and oxygen atoms in total. The molecular formula is C16H29O4-. The van der Waals surface area contributed by atoms with Crippen molar-refractivity contribution in [1.82, 2.24) is 0 Å². The molecule has 118 valence electrons. The molecule has 2 atom stereocenters. The molecule has 0 bridgehead atoms. The lowest BCUT2D eigenvalue weighted by Gasteiger charge is -2.10. The minimum absolute atomic E-state index is 0.0648. The molecule has 1 saturated heterocycles. The molecule has 1 aliphatic rings. The van der Waals surface area contributed by atoms with Crippen molar-refractivity contribution in [2.45, 2.75) is 59.0 Å². The van der Waals surface area contributed by atoms with Gasteiger partial charge in [0.2, 0.25) is 0 Å². The summed E-state index contributed by atoms with van der Waals surface area (Å²) in [5.74, 6) is -0.472. The van der Waals surface area contributed by atoms with Crippen molar-refractivity contribution in [3.63, 3.8) is 0 Å². The molecule has 1 fully saturated rings. The zero-order valence-electron chi connectivity index (χ0n) is 13.2. The smallest absolute Gasteiger partial charge is 0.104 e. The van der Waals surface area contributed by atoms with Gasteiger partial charge in [-0.1, -0.05) is 46.1 Å². The van der Waals surface area contributed by atoms with Gasteiger partial charge in [-0.3, -0.25) is 0 Å². The third-order valence-corrected chi connectivity index (χ3v) is 3.01. The summed E-state index contributed by atoms with van der Waals surface area (Å²) in [6.45, 7) is 11.6. The Labute approximate surface area is 123 Å². The van der Waals surface area contributed by atoms with Crippen molar-refractivity contribution in [3.05, 3.63) is 12.2 Å². The molecule has 0 aromatic rings. The molecule has 0 aromatic carbocycles. The molecule has 4 heteroatoms. The van der Waals surface area contributed by atoms with E-state index < -0.39 is 5.97 Å². The zero-order chi connectivity index (χ0) is 15.4. The van der Waals surface area contributed by atoms with E-state index in [1.807, 2.05) is 0 Å². The number of carboxylic acids is 1. The van der Waals surface area contributed by atoms with Gasteiger partial charge in [-0.15, -0.1) is 0 Å². The Morgan fingerprint density at radius 3 is 2.50 bits per heavy atom. The molecule has 1 rings (SSSR count). The van der Waals surface area contributed by atoms with E-state index in [1.165, 1.54) is 39.0 Å². The number of aliphatic carboxylic acids is 1. The van der Waals surface area contributed by atoms with Gasteiger partial charge >= 0.3 is 0 Å². The summed E-state index contributed by atoms with van der Waals surface area (Å²) in [5.41, 5.74) is 0.0648. The highest BCUT2D eigenvalue weighted by Crippen LogP contribution is 2.13. The fraction of sp³-hybridized carbons (Fsp3) is 0.812. The Morgan fingerprint density at radius 1 is 1.45 bits per heavy atom. The van der Waals surface area contributed by atoms with Crippen molar-refractivity contribution in [1.29, 1.82) is 0 Å². The van der Waals surface area contributed by atoms with E-state index in [0.29, 0.717) is 12.0 Å². The van der Waals surface area contributed by atoms with Crippen LogP contribution in [0.1, 0.15) is 52.9 Å². The van der Waals surface area contributed by atoms with Crippen LogP contribution in [0.4, 0.5) is 0 Å². The minimum atomic E-state index is -1.19. The average Bonchev–Trinajstić information content (AvgIpc) is 3.19. The third-order valence-electron chi connectivity index (χ3n) is 3.01. The monoisotopic (exact) mass is 285 g/mol. The summed E-state index contributed by atoms with van der Waals surface area (Å²) in [6, 6.07) is 0. The Bertz CT molecular complexity index is 260. The molecule has 2 unspecified atom stereocenters. The summed E-state index contributed by atoms with van der Waals surface area (Å²) in [4.78, 5) is 9.49. The van der Waals surface area contributed by atoms with Crippen LogP contribution in [0.3, 0.4) is 0 Å². The highest BCUT2D eigenvalue weighted by atomic mass is 16.6. The second kappa shape index (κ2) is 11.9. The van der Waals surface area contributed by atoms with E-state index >= 15 is 0 Å². The molecule has 0 radical (unpaired) electrons. The van der Waals surface area contributed by atoms with Crippen LogP contribution in [0.5, 0.6) is 0 Å². The number of hydrogen-bond donors (Lipinski definition) is 0. The minimum Gasteiger partial charge on any atom is -0.545 e. The van der Waals surface area contributed by atoms with Crippen molar-refractivity contribution >= 4 is 5.97 Å². The van der Waals surface area contributed by atoms with Gasteiger partial charge in [0.15, 0.2) is 0 Å². The highest BCUT2D eigenvalue weighted by Gasteiger charge is 2.22. The van der Waals surface area contributed by atoms with Crippen LogP contribution in [0, 0.1) is 5.92 Å². The second-order valence-electron chi connectivity index (χ2n) is 5.52. The number of epoxide rings is 1. The first-order chi connectivity index (χ1) is 9.47. The summed E-state index contributed by atoms with van der Waals surface area (Å²) >= 11 is 0. The van der Waals surface area contributed by atoms with Gasteiger partial charge in [0, 0.05) is 6.61 Å². The van der Waals surface area contributed by atoms with E-state index in [1.54, 1.807) is 0 Å². The van der Waals surface area contributed by atoms with Crippen molar-refractivity contribution in [2.75, 3.05) is 19.8 Å². The lowest BCUT2D eigenvalue weighted by atomic mass is 10.0. The van der Waals surface area contributed by atoms with Crippen LogP contribution in [-0.2, 0) is 14.3 Å². The average molecular weight is 285 g/mol. The van der Waals surface area contributed by atoms with E-state index in [4.69, 9.17) is 9.47 Å². The maximum atomic E-state index is 9.49. The predicted octanol–water partition coefficient (Wildman–Crippen LogP) is 2.32. The highest BCUT2D eigenvalue weighted by molar-refractivity contribution is 5.82. The maximum absolute atomic E-state index is 9.49. The number of rotatable bonds is 10. The van der Waals surface area contributed by atoms with Gasteiger partial charge < -0.3 is 19.4 Å². The Morgan fingerprint density at radius 2 is 2.05 bits per heavy atom. The van der Waals surface area contributed by atoms with Gasteiger partial charge in [0.05, 0.1) is 19.2 Å². The number of ether oxygens (including phenoxy) is 2. The SMILES string of the molecule is C=C(C)C(=O)[O-].CCCCCCC(C)COCC1CO1. The molecule has 0 spiro atoms. The predicted molar refractivity (Wildman–Crippen MR) is 78.3 cm³/mol. The lowest BCUT2D eigenvalue weighted by Crippen LogP contribution is -2.22. The fourth-order valence-electron chi connectivity index (χ4n) is 1.57. The van der Waals surface area contributed by atoms with Crippen LogP contribution in [0.25, 0.3) is 0 Å².